The van der Waals surface area contributed by atoms with Gasteiger partial charge in [-0.15, -0.1) is 12.4 Å². The van der Waals surface area contributed by atoms with Gasteiger partial charge in [-0.2, -0.15) is 10.1 Å². The van der Waals surface area contributed by atoms with E-state index in [0.29, 0.717) is 23.6 Å². The van der Waals surface area contributed by atoms with Crippen LogP contribution in [0.5, 0.6) is 0 Å². The summed E-state index contributed by atoms with van der Waals surface area (Å²) in [7, 11) is 1.91. The van der Waals surface area contributed by atoms with Gasteiger partial charge in [-0.1, -0.05) is 17.3 Å². The van der Waals surface area contributed by atoms with Crippen molar-refractivity contribution < 1.29 is 4.52 Å². The molecule has 1 aromatic carbocycles. The molecule has 3 aromatic rings. The number of nitrogens with one attached hydrogen (secondary N) is 2. The van der Waals surface area contributed by atoms with Crippen molar-refractivity contribution in [1.82, 2.24) is 30.6 Å². The van der Waals surface area contributed by atoms with E-state index < -0.39 is 0 Å². The Morgan fingerprint density at radius 2 is 2.04 bits per heavy atom. The summed E-state index contributed by atoms with van der Waals surface area (Å²) in [6.45, 7) is 3.94. The Bertz CT molecular complexity index is 769. The average molecular weight is 335 g/mol. The minimum Gasteiger partial charge on any atom is -0.334 e. The van der Waals surface area contributed by atoms with Gasteiger partial charge in [-0.25, -0.2) is 4.98 Å². The number of aromatic amines is 1. The van der Waals surface area contributed by atoms with Crippen LogP contribution in [0.1, 0.15) is 18.6 Å². The van der Waals surface area contributed by atoms with Crippen molar-refractivity contribution in [1.29, 1.82) is 0 Å². The topological polar surface area (TPSA) is 92.5 Å². The van der Waals surface area contributed by atoms with Gasteiger partial charge >= 0.3 is 0 Å². The summed E-state index contributed by atoms with van der Waals surface area (Å²) in [6.07, 6.45) is 0.722. The lowest BCUT2D eigenvalue weighted by Gasteiger charge is -2.04. The lowest BCUT2D eigenvalue weighted by molar-refractivity contribution is 0.418. The van der Waals surface area contributed by atoms with Gasteiger partial charge < -0.3 is 9.84 Å². The number of aryl methyl sites for hydroxylation is 1. The second kappa shape index (κ2) is 7.34. The number of hydrogen-bond donors (Lipinski definition) is 2. The molecule has 7 nitrogen and oxygen atoms in total. The van der Waals surface area contributed by atoms with E-state index in [1.165, 1.54) is 0 Å². The van der Waals surface area contributed by atoms with Crippen LogP contribution in [0.4, 0.5) is 0 Å². The molecule has 0 amide bonds. The third-order valence-electron chi connectivity index (χ3n) is 3.41. The minimum absolute atomic E-state index is 0. The van der Waals surface area contributed by atoms with Gasteiger partial charge in [0.25, 0.3) is 5.89 Å². The van der Waals surface area contributed by atoms with E-state index in [-0.39, 0.29) is 12.4 Å². The maximum atomic E-state index is 5.35. The monoisotopic (exact) mass is 334 g/mol. The van der Waals surface area contributed by atoms with Gasteiger partial charge in [-0.3, -0.25) is 5.10 Å². The average Bonchev–Trinajstić information content (AvgIpc) is 3.16. The molecular weight excluding hydrogens is 316 g/mol. The molecule has 0 aliphatic heterocycles. The number of rotatable bonds is 5. The molecular formula is C15H19ClN6O. The standard InChI is InChI=1S/C15H18N6O.ClH/c1-9(16-3)7-13-18-15(22-21-13)12-6-4-5-11(8-12)14-17-10(2)19-20-14;/h4-6,8-9,16H,7H2,1-3H3,(H,17,19,20);1H. The Labute approximate surface area is 140 Å². The predicted octanol–water partition coefficient (Wildman–Crippen LogP) is 2.40. The summed E-state index contributed by atoms with van der Waals surface area (Å²) in [5, 5.41) is 14.2. The van der Waals surface area contributed by atoms with Gasteiger partial charge in [0.05, 0.1) is 0 Å². The number of aromatic nitrogens is 5. The van der Waals surface area contributed by atoms with Crippen LogP contribution in [-0.2, 0) is 6.42 Å². The fraction of sp³-hybridized carbons (Fsp3) is 0.333. The van der Waals surface area contributed by atoms with E-state index in [2.05, 4.69) is 37.6 Å². The molecule has 3 rings (SSSR count). The van der Waals surface area contributed by atoms with Gasteiger partial charge in [0.2, 0.25) is 0 Å². The molecule has 23 heavy (non-hydrogen) atoms. The van der Waals surface area contributed by atoms with Gasteiger partial charge in [0.15, 0.2) is 11.6 Å². The quantitative estimate of drug-likeness (QED) is 0.744. The first kappa shape index (κ1) is 17.1. The van der Waals surface area contributed by atoms with Crippen molar-refractivity contribution in [3.63, 3.8) is 0 Å². The summed E-state index contributed by atoms with van der Waals surface area (Å²) in [4.78, 5) is 8.77. The number of nitrogens with zero attached hydrogens (tertiary/aromatic N) is 4. The van der Waals surface area contributed by atoms with Crippen molar-refractivity contribution in [3.8, 4) is 22.8 Å². The van der Waals surface area contributed by atoms with Gasteiger partial charge in [-0.05, 0) is 33.0 Å². The highest BCUT2D eigenvalue weighted by Gasteiger charge is 2.12. The summed E-state index contributed by atoms with van der Waals surface area (Å²) >= 11 is 0. The zero-order valence-corrected chi connectivity index (χ0v) is 14.0. The first-order valence-corrected chi connectivity index (χ1v) is 7.15. The molecule has 0 aliphatic carbocycles. The Balaban J connectivity index is 0.00000192. The fourth-order valence-corrected chi connectivity index (χ4v) is 2.09. The molecule has 0 fully saturated rings. The highest BCUT2D eigenvalue weighted by molar-refractivity contribution is 5.85. The zero-order valence-electron chi connectivity index (χ0n) is 13.2. The van der Waals surface area contributed by atoms with E-state index in [1.54, 1.807) is 0 Å². The Kier molecular flexibility index (Phi) is 5.46. The van der Waals surface area contributed by atoms with Crippen LogP contribution in [0.15, 0.2) is 28.8 Å². The molecule has 0 saturated carbocycles. The molecule has 2 aromatic heterocycles. The maximum absolute atomic E-state index is 5.35. The molecule has 0 saturated heterocycles. The third kappa shape index (κ3) is 3.94. The number of likely N-dealkylation sites (N-methyl/N-ethyl adjacent to an activating group) is 1. The predicted molar refractivity (Wildman–Crippen MR) is 89.3 cm³/mol. The van der Waals surface area contributed by atoms with Crippen molar-refractivity contribution in [3.05, 3.63) is 35.9 Å². The van der Waals surface area contributed by atoms with Crippen LogP contribution in [0.25, 0.3) is 22.8 Å². The molecule has 1 atom stereocenters. The van der Waals surface area contributed by atoms with Crippen LogP contribution in [-0.4, -0.2) is 38.4 Å². The maximum Gasteiger partial charge on any atom is 0.257 e. The second-order valence-corrected chi connectivity index (χ2v) is 5.23. The molecule has 0 bridgehead atoms. The van der Waals surface area contributed by atoms with E-state index in [0.717, 1.165) is 23.4 Å². The van der Waals surface area contributed by atoms with Gasteiger partial charge in [0, 0.05) is 23.6 Å². The molecule has 0 radical (unpaired) electrons. The van der Waals surface area contributed by atoms with Crippen LogP contribution in [0.3, 0.4) is 0 Å². The lowest BCUT2D eigenvalue weighted by Crippen LogP contribution is -2.24. The molecule has 2 heterocycles. The van der Waals surface area contributed by atoms with Gasteiger partial charge in [0.1, 0.15) is 5.82 Å². The number of H-pyrrole nitrogens is 1. The molecule has 8 heteroatoms. The normalized spacial score (nSPS) is 12.0. The summed E-state index contributed by atoms with van der Waals surface area (Å²) in [5.74, 6) is 2.63. The fourth-order valence-electron chi connectivity index (χ4n) is 2.09. The largest absolute Gasteiger partial charge is 0.334 e. The van der Waals surface area contributed by atoms with Crippen LogP contribution < -0.4 is 5.32 Å². The van der Waals surface area contributed by atoms with Crippen molar-refractivity contribution in [2.24, 2.45) is 0 Å². The van der Waals surface area contributed by atoms with E-state index in [9.17, 15) is 0 Å². The first-order valence-electron chi connectivity index (χ1n) is 7.15. The van der Waals surface area contributed by atoms with E-state index in [1.807, 2.05) is 38.2 Å². The molecule has 2 N–H and O–H groups in total. The first-order chi connectivity index (χ1) is 10.7. The molecule has 1 unspecified atom stereocenters. The number of hydrogen-bond acceptors (Lipinski definition) is 6. The van der Waals surface area contributed by atoms with Crippen molar-refractivity contribution in [2.75, 3.05) is 7.05 Å². The Morgan fingerprint density at radius 1 is 1.26 bits per heavy atom. The Morgan fingerprint density at radius 3 is 2.74 bits per heavy atom. The van der Waals surface area contributed by atoms with Crippen LogP contribution in [0, 0.1) is 6.92 Å². The van der Waals surface area contributed by atoms with Crippen molar-refractivity contribution in [2.45, 2.75) is 26.3 Å². The van der Waals surface area contributed by atoms with Crippen LogP contribution in [0.2, 0.25) is 0 Å². The smallest absolute Gasteiger partial charge is 0.257 e. The lowest BCUT2D eigenvalue weighted by atomic mass is 10.1. The van der Waals surface area contributed by atoms with E-state index >= 15 is 0 Å². The molecule has 122 valence electrons. The number of benzene rings is 1. The summed E-state index contributed by atoms with van der Waals surface area (Å²) in [5.41, 5.74) is 1.76. The highest BCUT2D eigenvalue weighted by Crippen LogP contribution is 2.23. The Hall–Kier alpha value is -2.25. The SMILES string of the molecule is CNC(C)Cc1noc(-c2cccc(-c3n[nH]c(C)n3)c2)n1.Cl. The highest BCUT2D eigenvalue weighted by atomic mass is 35.5. The van der Waals surface area contributed by atoms with Crippen LogP contribution >= 0.6 is 12.4 Å². The third-order valence-corrected chi connectivity index (χ3v) is 3.41. The minimum atomic E-state index is 0. The molecule has 0 aliphatic rings. The molecule has 0 spiro atoms. The zero-order chi connectivity index (χ0) is 15.5. The van der Waals surface area contributed by atoms with Crippen molar-refractivity contribution >= 4 is 12.4 Å². The summed E-state index contributed by atoms with van der Waals surface area (Å²) < 4.78 is 5.35. The second-order valence-electron chi connectivity index (χ2n) is 5.23. The summed E-state index contributed by atoms with van der Waals surface area (Å²) in [6, 6.07) is 8.06. The van der Waals surface area contributed by atoms with E-state index in [4.69, 9.17) is 4.52 Å². The number of halogens is 1.